The summed E-state index contributed by atoms with van der Waals surface area (Å²) in [6.07, 6.45) is 0. The van der Waals surface area contributed by atoms with Gasteiger partial charge in [0, 0.05) is 30.6 Å². The smallest absolute Gasteiger partial charge is 0.324 e. The molecule has 1 rings (SSSR count). The molecule has 0 saturated carbocycles. The van der Waals surface area contributed by atoms with Gasteiger partial charge in [-0.15, -0.1) is 0 Å². The van der Waals surface area contributed by atoms with Crippen LogP contribution in [-0.2, 0) is 6.54 Å². The van der Waals surface area contributed by atoms with Crippen molar-refractivity contribution in [2.75, 3.05) is 27.2 Å². The van der Waals surface area contributed by atoms with Gasteiger partial charge in [-0.05, 0) is 27.1 Å². The van der Waals surface area contributed by atoms with Gasteiger partial charge in [0.05, 0.1) is 10.5 Å². The molecule has 0 spiro atoms. The van der Waals surface area contributed by atoms with Crippen molar-refractivity contribution in [2.45, 2.75) is 19.1 Å². The molecular formula is C11H19N3O3S. The van der Waals surface area contributed by atoms with Crippen LogP contribution in [0.4, 0.5) is 5.00 Å². The van der Waals surface area contributed by atoms with E-state index in [1.165, 1.54) is 6.07 Å². The minimum absolute atomic E-state index is 0.145. The minimum Gasteiger partial charge on any atom is -0.388 e. The molecule has 7 heteroatoms. The molecule has 1 aromatic rings. The molecular weight excluding hydrogens is 254 g/mol. The predicted octanol–water partition coefficient (Wildman–Crippen LogP) is 1.06. The highest BCUT2D eigenvalue weighted by molar-refractivity contribution is 7.15. The molecule has 0 aliphatic rings. The average Bonchev–Trinajstić information content (AvgIpc) is 2.63. The van der Waals surface area contributed by atoms with Gasteiger partial charge in [-0.2, -0.15) is 0 Å². The molecule has 1 atom stereocenters. The fourth-order valence-corrected chi connectivity index (χ4v) is 2.54. The minimum atomic E-state index is -0.813. The van der Waals surface area contributed by atoms with E-state index in [4.69, 9.17) is 0 Å². The van der Waals surface area contributed by atoms with Crippen molar-refractivity contribution in [1.29, 1.82) is 0 Å². The fraction of sp³-hybridized carbons (Fsp3) is 0.636. The van der Waals surface area contributed by atoms with E-state index in [2.05, 4.69) is 5.32 Å². The maximum atomic E-state index is 10.5. The van der Waals surface area contributed by atoms with Crippen LogP contribution in [0.2, 0.25) is 0 Å². The number of nitro groups is 1. The first-order valence-electron chi connectivity index (χ1n) is 5.61. The maximum Gasteiger partial charge on any atom is 0.324 e. The Bertz CT molecular complexity index is 404. The van der Waals surface area contributed by atoms with Gasteiger partial charge in [0.1, 0.15) is 0 Å². The molecule has 1 aromatic heterocycles. The largest absolute Gasteiger partial charge is 0.388 e. The van der Waals surface area contributed by atoms with Crippen molar-refractivity contribution < 1.29 is 10.0 Å². The Morgan fingerprint density at radius 1 is 1.56 bits per heavy atom. The third-order valence-corrected chi connectivity index (χ3v) is 3.33. The first-order valence-corrected chi connectivity index (χ1v) is 6.43. The van der Waals surface area contributed by atoms with Crippen LogP contribution in [0, 0.1) is 10.1 Å². The van der Waals surface area contributed by atoms with Gasteiger partial charge in [-0.1, -0.05) is 11.3 Å². The Balaban J connectivity index is 2.39. The quantitative estimate of drug-likeness (QED) is 0.573. The fourth-order valence-electron chi connectivity index (χ4n) is 1.75. The standard InChI is InChI=1S/C11H19N3O3S/c1-11(15,8-13(2)3)7-12-6-9-4-5-10(18-9)14(16)17/h4-5,12,15H,6-8H2,1-3H3. The second-order valence-corrected chi connectivity index (χ2v) is 5.98. The second kappa shape index (κ2) is 6.24. The lowest BCUT2D eigenvalue weighted by Gasteiger charge is -2.27. The van der Waals surface area contributed by atoms with E-state index >= 15 is 0 Å². The van der Waals surface area contributed by atoms with Crippen molar-refractivity contribution in [1.82, 2.24) is 10.2 Å². The molecule has 102 valence electrons. The van der Waals surface area contributed by atoms with Crippen LogP contribution in [0.5, 0.6) is 0 Å². The zero-order valence-corrected chi connectivity index (χ0v) is 11.7. The molecule has 0 radical (unpaired) electrons. The molecule has 6 nitrogen and oxygen atoms in total. The van der Waals surface area contributed by atoms with Crippen LogP contribution in [0.15, 0.2) is 12.1 Å². The Morgan fingerprint density at radius 2 is 2.22 bits per heavy atom. The molecule has 0 fully saturated rings. The summed E-state index contributed by atoms with van der Waals surface area (Å²) in [6, 6.07) is 3.23. The number of hydrogen-bond acceptors (Lipinski definition) is 6. The van der Waals surface area contributed by atoms with E-state index in [1.807, 2.05) is 19.0 Å². The SMILES string of the molecule is CN(C)CC(C)(O)CNCc1ccc([N+](=O)[O-])s1. The summed E-state index contributed by atoms with van der Waals surface area (Å²) in [5, 5.41) is 23.8. The molecule has 0 aliphatic heterocycles. The summed E-state index contributed by atoms with van der Waals surface area (Å²) in [6.45, 7) is 3.29. The Morgan fingerprint density at radius 3 is 2.72 bits per heavy atom. The van der Waals surface area contributed by atoms with Crippen LogP contribution >= 0.6 is 11.3 Å². The van der Waals surface area contributed by atoms with Crippen LogP contribution < -0.4 is 5.32 Å². The summed E-state index contributed by atoms with van der Waals surface area (Å²) < 4.78 is 0. The summed E-state index contributed by atoms with van der Waals surface area (Å²) in [4.78, 5) is 12.9. The lowest BCUT2D eigenvalue weighted by Crippen LogP contribution is -2.45. The normalized spacial score (nSPS) is 14.7. The summed E-state index contributed by atoms with van der Waals surface area (Å²) in [5.74, 6) is 0. The van der Waals surface area contributed by atoms with Gasteiger partial charge in [0.2, 0.25) is 0 Å². The number of rotatable bonds is 7. The Hall–Kier alpha value is -1.02. The van der Waals surface area contributed by atoms with E-state index in [-0.39, 0.29) is 5.00 Å². The summed E-state index contributed by atoms with van der Waals surface area (Å²) >= 11 is 1.15. The van der Waals surface area contributed by atoms with Gasteiger partial charge in [-0.25, -0.2) is 0 Å². The zero-order chi connectivity index (χ0) is 13.8. The molecule has 0 amide bonds. The molecule has 1 unspecified atom stereocenters. The van der Waals surface area contributed by atoms with Crippen molar-refractivity contribution in [2.24, 2.45) is 0 Å². The topological polar surface area (TPSA) is 78.6 Å². The van der Waals surface area contributed by atoms with Gasteiger partial charge in [-0.3, -0.25) is 10.1 Å². The summed E-state index contributed by atoms with van der Waals surface area (Å²) in [5.41, 5.74) is -0.813. The number of nitrogens with one attached hydrogen (secondary N) is 1. The van der Waals surface area contributed by atoms with Crippen LogP contribution in [0.1, 0.15) is 11.8 Å². The molecule has 0 aromatic carbocycles. The first-order chi connectivity index (χ1) is 8.30. The van der Waals surface area contributed by atoms with Crippen LogP contribution in [0.25, 0.3) is 0 Å². The number of hydrogen-bond donors (Lipinski definition) is 2. The monoisotopic (exact) mass is 273 g/mol. The highest BCUT2D eigenvalue weighted by Gasteiger charge is 2.20. The van der Waals surface area contributed by atoms with Crippen molar-refractivity contribution in [3.05, 3.63) is 27.1 Å². The van der Waals surface area contributed by atoms with Crippen LogP contribution in [-0.4, -0.2) is 47.7 Å². The van der Waals surface area contributed by atoms with E-state index in [1.54, 1.807) is 13.0 Å². The van der Waals surface area contributed by atoms with Crippen molar-refractivity contribution in [3.63, 3.8) is 0 Å². The van der Waals surface area contributed by atoms with Gasteiger partial charge in [0.15, 0.2) is 0 Å². The highest BCUT2D eigenvalue weighted by Crippen LogP contribution is 2.23. The third kappa shape index (κ3) is 5.09. The number of likely N-dealkylation sites (N-methyl/N-ethyl adjacent to an activating group) is 1. The molecule has 1 heterocycles. The van der Waals surface area contributed by atoms with Crippen molar-refractivity contribution in [3.8, 4) is 0 Å². The third-order valence-electron chi connectivity index (χ3n) is 2.29. The van der Waals surface area contributed by atoms with Gasteiger partial charge >= 0.3 is 5.00 Å². The molecule has 0 bridgehead atoms. The van der Waals surface area contributed by atoms with E-state index < -0.39 is 10.5 Å². The Kier molecular flexibility index (Phi) is 5.21. The predicted molar refractivity (Wildman–Crippen MR) is 71.9 cm³/mol. The van der Waals surface area contributed by atoms with E-state index in [0.717, 1.165) is 16.2 Å². The van der Waals surface area contributed by atoms with Crippen LogP contribution in [0.3, 0.4) is 0 Å². The molecule has 0 aliphatic carbocycles. The number of thiophene rings is 1. The first kappa shape index (κ1) is 15.0. The van der Waals surface area contributed by atoms with E-state index in [0.29, 0.717) is 19.6 Å². The molecule has 18 heavy (non-hydrogen) atoms. The lowest BCUT2D eigenvalue weighted by atomic mass is 10.1. The maximum absolute atomic E-state index is 10.5. The zero-order valence-electron chi connectivity index (χ0n) is 10.8. The molecule has 2 N–H and O–H groups in total. The van der Waals surface area contributed by atoms with E-state index in [9.17, 15) is 15.2 Å². The van der Waals surface area contributed by atoms with Gasteiger partial charge in [0.25, 0.3) is 0 Å². The summed E-state index contributed by atoms with van der Waals surface area (Å²) in [7, 11) is 3.80. The average molecular weight is 273 g/mol. The molecule has 0 saturated heterocycles. The second-order valence-electron chi connectivity index (χ2n) is 4.84. The number of nitrogens with zero attached hydrogens (tertiary/aromatic N) is 2. The Labute approximate surface area is 110 Å². The van der Waals surface area contributed by atoms with Crippen molar-refractivity contribution >= 4 is 16.3 Å². The number of aliphatic hydroxyl groups is 1. The lowest BCUT2D eigenvalue weighted by molar-refractivity contribution is -0.380. The highest BCUT2D eigenvalue weighted by atomic mass is 32.1. The van der Waals surface area contributed by atoms with Gasteiger partial charge < -0.3 is 15.3 Å².